The summed E-state index contributed by atoms with van der Waals surface area (Å²) in [4.78, 5) is 14.7. The third kappa shape index (κ3) is 3.49. The minimum atomic E-state index is -0.145. The van der Waals surface area contributed by atoms with Crippen LogP contribution in [0.5, 0.6) is 23.1 Å². The van der Waals surface area contributed by atoms with Gasteiger partial charge in [0.1, 0.15) is 6.10 Å². The number of hydrogen-bond donors (Lipinski definition) is 0. The number of amides is 1. The van der Waals surface area contributed by atoms with Crippen LogP contribution in [-0.2, 0) is 0 Å². The molecule has 0 N–H and O–H groups in total. The van der Waals surface area contributed by atoms with Gasteiger partial charge in [0.05, 0.1) is 33.4 Å². The summed E-state index contributed by atoms with van der Waals surface area (Å²) in [5.74, 6) is 1.57. The van der Waals surface area contributed by atoms with E-state index >= 15 is 0 Å². The van der Waals surface area contributed by atoms with E-state index in [0.717, 1.165) is 6.42 Å². The molecule has 138 valence electrons. The molecule has 0 aliphatic carbocycles. The van der Waals surface area contributed by atoms with E-state index in [1.807, 2.05) is 0 Å². The van der Waals surface area contributed by atoms with Crippen LogP contribution in [0.1, 0.15) is 16.8 Å². The summed E-state index contributed by atoms with van der Waals surface area (Å²) in [5.41, 5.74) is 0.422. The molecule has 1 unspecified atom stereocenters. The molecule has 2 heterocycles. The third-order valence-corrected chi connectivity index (χ3v) is 4.20. The minimum Gasteiger partial charge on any atom is -0.493 e. The fourth-order valence-electron chi connectivity index (χ4n) is 2.97. The van der Waals surface area contributed by atoms with Gasteiger partial charge in [0, 0.05) is 25.2 Å². The average Bonchev–Trinajstić information content (AvgIpc) is 3.15. The Morgan fingerprint density at radius 3 is 2.58 bits per heavy atom. The smallest absolute Gasteiger partial charge is 0.257 e. The van der Waals surface area contributed by atoms with Crippen LogP contribution in [0.15, 0.2) is 30.5 Å². The molecule has 3 rings (SSSR count). The number of carbonyl (C=O) groups is 1. The van der Waals surface area contributed by atoms with E-state index in [-0.39, 0.29) is 12.0 Å². The quantitative estimate of drug-likeness (QED) is 0.777. The standard InChI is InChI=1S/C18H21N3O5/c1-23-14-7-6-13(16(24-2)17(14)25-3)18(22)21-10-8-12(11-21)26-15-5-4-9-19-20-15/h4-7,9,12H,8,10-11H2,1-3H3. The summed E-state index contributed by atoms with van der Waals surface area (Å²) >= 11 is 0. The number of rotatable bonds is 6. The topological polar surface area (TPSA) is 83.0 Å². The number of nitrogens with zero attached hydrogens (tertiary/aromatic N) is 3. The average molecular weight is 359 g/mol. The predicted octanol–water partition coefficient (Wildman–Crippen LogP) is 1.80. The van der Waals surface area contributed by atoms with E-state index < -0.39 is 0 Å². The van der Waals surface area contributed by atoms with Crippen LogP contribution in [0.3, 0.4) is 0 Å². The molecule has 1 aliphatic heterocycles. The van der Waals surface area contributed by atoms with E-state index in [0.29, 0.717) is 41.8 Å². The minimum absolute atomic E-state index is 0.123. The lowest BCUT2D eigenvalue weighted by molar-refractivity contribution is 0.0766. The van der Waals surface area contributed by atoms with Gasteiger partial charge in [-0.25, -0.2) is 0 Å². The lowest BCUT2D eigenvalue weighted by Gasteiger charge is -2.20. The summed E-state index contributed by atoms with van der Waals surface area (Å²) in [6.45, 7) is 1.05. The fourth-order valence-corrected chi connectivity index (χ4v) is 2.97. The van der Waals surface area contributed by atoms with Crippen molar-refractivity contribution in [3.05, 3.63) is 36.0 Å². The van der Waals surface area contributed by atoms with Gasteiger partial charge in [-0.2, -0.15) is 5.10 Å². The molecule has 0 saturated carbocycles. The van der Waals surface area contributed by atoms with Gasteiger partial charge >= 0.3 is 0 Å². The molecule has 1 atom stereocenters. The van der Waals surface area contributed by atoms with Crippen molar-refractivity contribution in [3.8, 4) is 23.1 Å². The lowest BCUT2D eigenvalue weighted by Crippen LogP contribution is -2.31. The highest BCUT2D eigenvalue weighted by atomic mass is 16.5. The Balaban J connectivity index is 1.76. The van der Waals surface area contributed by atoms with Gasteiger partial charge in [-0.1, -0.05) is 0 Å². The monoisotopic (exact) mass is 359 g/mol. The van der Waals surface area contributed by atoms with Crippen molar-refractivity contribution >= 4 is 5.91 Å². The van der Waals surface area contributed by atoms with Gasteiger partial charge in [0.15, 0.2) is 11.5 Å². The van der Waals surface area contributed by atoms with Crippen LogP contribution in [0.2, 0.25) is 0 Å². The molecule has 1 aromatic heterocycles. The zero-order chi connectivity index (χ0) is 18.5. The summed E-state index contributed by atoms with van der Waals surface area (Å²) in [5, 5.41) is 7.70. The van der Waals surface area contributed by atoms with Crippen LogP contribution in [-0.4, -0.2) is 61.5 Å². The number of hydrogen-bond acceptors (Lipinski definition) is 7. The van der Waals surface area contributed by atoms with Crippen molar-refractivity contribution in [1.29, 1.82) is 0 Å². The van der Waals surface area contributed by atoms with Crippen LogP contribution in [0.4, 0.5) is 0 Å². The molecule has 1 aliphatic rings. The Labute approximate surface area is 151 Å². The maximum atomic E-state index is 13.0. The first-order chi connectivity index (χ1) is 12.7. The second-order valence-electron chi connectivity index (χ2n) is 5.72. The Morgan fingerprint density at radius 1 is 1.12 bits per heavy atom. The number of likely N-dealkylation sites (tertiary alicyclic amines) is 1. The van der Waals surface area contributed by atoms with Crippen LogP contribution in [0.25, 0.3) is 0 Å². The Morgan fingerprint density at radius 2 is 1.92 bits per heavy atom. The summed E-state index contributed by atoms with van der Waals surface area (Å²) in [6, 6.07) is 6.88. The molecule has 2 aromatic rings. The molecule has 0 radical (unpaired) electrons. The summed E-state index contributed by atoms with van der Waals surface area (Å²) in [6.07, 6.45) is 2.18. The first kappa shape index (κ1) is 17.8. The van der Waals surface area contributed by atoms with Crippen molar-refractivity contribution < 1.29 is 23.7 Å². The zero-order valence-corrected chi connectivity index (χ0v) is 15.0. The highest BCUT2D eigenvalue weighted by Crippen LogP contribution is 2.40. The molecule has 0 bridgehead atoms. The van der Waals surface area contributed by atoms with Gasteiger partial charge < -0.3 is 23.8 Å². The van der Waals surface area contributed by atoms with Gasteiger partial charge in [-0.15, -0.1) is 5.10 Å². The molecular weight excluding hydrogens is 338 g/mol. The van der Waals surface area contributed by atoms with E-state index in [1.165, 1.54) is 21.3 Å². The highest BCUT2D eigenvalue weighted by Gasteiger charge is 2.31. The van der Waals surface area contributed by atoms with Crippen LogP contribution < -0.4 is 18.9 Å². The summed E-state index contributed by atoms with van der Waals surface area (Å²) in [7, 11) is 4.54. The number of carbonyl (C=O) groups excluding carboxylic acids is 1. The van der Waals surface area contributed by atoms with E-state index in [2.05, 4.69) is 10.2 Å². The molecule has 1 aromatic carbocycles. The van der Waals surface area contributed by atoms with E-state index in [9.17, 15) is 4.79 Å². The van der Waals surface area contributed by atoms with Gasteiger partial charge in [0.25, 0.3) is 5.91 Å². The molecule has 26 heavy (non-hydrogen) atoms. The molecular formula is C18H21N3O5. The predicted molar refractivity (Wildman–Crippen MR) is 93.1 cm³/mol. The Kier molecular flexibility index (Phi) is 5.40. The Bertz CT molecular complexity index is 769. The van der Waals surface area contributed by atoms with Crippen molar-refractivity contribution in [3.63, 3.8) is 0 Å². The molecule has 8 heteroatoms. The van der Waals surface area contributed by atoms with Crippen molar-refractivity contribution in [1.82, 2.24) is 15.1 Å². The number of methoxy groups -OCH3 is 3. The number of aromatic nitrogens is 2. The first-order valence-electron chi connectivity index (χ1n) is 8.20. The number of ether oxygens (including phenoxy) is 4. The van der Waals surface area contributed by atoms with Crippen molar-refractivity contribution in [2.75, 3.05) is 34.4 Å². The molecule has 1 amide bonds. The SMILES string of the molecule is COc1ccc(C(=O)N2CCC(Oc3cccnn3)C2)c(OC)c1OC. The van der Waals surface area contributed by atoms with Gasteiger partial charge in [0.2, 0.25) is 11.6 Å². The molecule has 1 saturated heterocycles. The van der Waals surface area contributed by atoms with Gasteiger partial charge in [-0.05, 0) is 18.2 Å². The number of benzene rings is 1. The molecule has 1 fully saturated rings. The second kappa shape index (κ2) is 7.90. The first-order valence-corrected chi connectivity index (χ1v) is 8.20. The molecule has 8 nitrogen and oxygen atoms in total. The van der Waals surface area contributed by atoms with Crippen LogP contribution >= 0.6 is 0 Å². The normalized spacial score (nSPS) is 16.3. The Hall–Kier alpha value is -3.03. The second-order valence-corrected chi connectivity index (χ2v) is 5.72. The summed E-state index contributed by atoms with van der Waals surface area (Å²) < 4.78 is 21.8. The highest BCUT2D eigenvalue weighted by molar-refractivity contribution is 5.98. The largest absolute Gasteiger partial charge is 0.493 e. The fraction of sp³-hybridized carbons (Fsp3) is 0.389. The maximum absolute atomic E-state index is 13.0. The van der Waals surface area contributed by atoms with Crippen molar-refractivity contribution in [2.45, 2.75) is 12.5 Å². The van der Waals surface area contributed by atoms with E-state index in [1.54, 1.807) is 35.4 Å². The van der Waals surface area contributed by atoms with E-state index in [4.69, 9.17) is 18.9 Å². The molecule has 0 spiro atoms. The van der Waals surface area contributed by atoms with Crippen molar-refractivity contribution in [2.24, 2.45) is 0 Å². The lowest BCUT2D eigenvalue weighted by atomic mass is 10.1. The third-order valence-electron chi connectivity index (χ3n) is 4.20. The van der Waals surface area contributed by atoms with Gasteiger partial charge in [-0.3, -0.25) is 4.79 Å². The maximum Gasteiger partial charge on any atom is 0.257 e. The zero-order valence-electron chi connectivity index (χ0n) is 15.0. The van der Waals surface area contributed by atoms with Crippen LogP contribution in [0, 0.1) is 0 Å².